The first-order valence-corrected chi connectivity index (χ1v) is 9.76. The first-order chi connectivity index (χ1) is 11.5. The topological polar surface area (TPSA) is 66.4 Å². The first kappa shape index (κ1) is 17.1. The van der Waals surface area contributed by atoms with Crippen LogP contribution in [0.5, 0.6) is 0 Å². The predicted octanol–water partition coefficient (Wildman–Crippen LogP) is 2.97. The molecule has 0 heterocycles. The molecule has 1 aliphatic rings. The van der Waals surface area contributed by atoms with Gasteiger partial charge in [0, 0.05) is 12.0 Å². The molecule has 1 fully saturated rings. The van der Waals surface area contributed by atoms with Crippen LogP contribution in [0.2, 0.25) is 0 Å². The Labute approximate surface area is 143 Å². The average molecular weight is 345 g/mol. The van der Waals surface area contributed by atoms with Crippen LogP contribution < -0.4 is 4.72 Å². The van der Waals surface area contributed by atoms with Crippen LogP contribution in [0.1, 0.15) is 36.3 Å². The molecule has 0 unspecified atom stereocenters. The maximum Gasteiger partial charge on any atom is 0.240 e. The van der Waals surface area contributed by atoms with E-state index >= 15 is 0 Å². The van der Waals surface area contributed by atoms with Gasteiger partial charge in [-0.2, -0.15) is 0 Å². The summed E-state index contributed by atoms with van der Waals surface area (Å²) in [4.78, 5) is 0.283. The molecule has 2 aromatic rings. The van der Waals surface area contributed by atoms with Gasteiger partial charge in [0.2, 0.25) is 10.0 Å². The summed E-state index contributed by atoms with van der Waals surface area (Å²) >= 11 is 0. The van der Waals surface area contributed by atoms with Gasteiger partial charge < -0.3 is 5.11 Å². The van der Waals surface area contributed by atoms with Gasteiger partial charge in [0.1, 0.15) is 0 Å². The number of nitrogens with one attached hydrogen (secondary N) is 1. The fourth-order valence-electron chi connectivity index (χ4n) is 3.34. The van der Waals surface area contributed by atoms with Crippen molar-refractivity contribution in [2.75, 3.05) is 0 Å². The maximum atomic E-state index is 12.7. The molecule has 3 rings (SSSR count). The predicted molar refractivity (Wildman–Crippen MR) is 94.3 cm³/mol. The van der Waals surface area contributed by atoms with Crippen LogP contribution in [0.3, 0.4) is 0 Å². The minimum Gasteiger partial charge on any atom is -0.393 e. The molecule has 24 heavy (non-hydrogen) atoms. The largest absolute Gasteiger partial charge is 0.393 e. The summed E-state index contributed by atoms with van der Waals surface area (Å²) in [6.07, 6.45) is 1.44. The number of hydrogen-bond acceptors (Lipinski definition) is 3. The summed E-state index contributed by atoms with van der Waals surface area (Å²) in [5.74, 6) is -0.0184. The third-order valence-corrected chi connectivity index (χ3v) is 6.19. The van der Waals surface area contributed by atoms with E-state index in [0.717, 1.165) is 11.1 Å². The van der Waals surface area contributed by atoms with Crippen molar-refractivity contribution < 1.29 is 13.5 Å². The van der Waals surface area contributed by atoms with Gasteiger partial charge in [-0.15, -0.1) is 0 Å². The molecule has 3 atom stereocenters. The molecular weight excluding hydrogens is 322 g/mol. The third kappa shape index (κ3) is 3.86. The van der Waals surface area contributed by atoms with Crippen molar-refractivity contribution in [3.63, 3.8) is 0 Å². The van der Waals surface area contributed by atoms with E-state index in [-0.39, 0.29) is 23.0 Å². The summed E-state index contributed by atoms with van der Waals surface area (Å²) in [5.41, 5.74) is 2.09. The monoisotopic (exact) mass is 345 g/mol. The van der Waals surface area contributed by atoms with Gasteiger partial charge in [-0.05, 0) is 43.9 Å². The smallest absolute Gasteiger partial charge is 0.240 e. The molecule has 5 heteroatoms. The lowest BCUT2D eigenvalue weighted by atomic mass is 9.79. The standard InChI is InChI=1S/C19H23NO3S/c1-14-7-10-17(11-8-14)24(22,23)20-19-12-9-16(21)13-18(19)15-5-3-2-4-6-15/h2-8,10-11,16,18-21H,9,12-13H2,1H3/t16-,18+,19-/m0/s1. The Kier molecular flexibility index (Phi) is 5.04. The summed E-state index contributed by atoms with van der Waals surface area (Å²) < 4.78 is 28.3. The summed E-state index contributed by atoms with van der Waals surface area (Å²) in [6.45, 7) is 1.93. The number of benzene rings is 2. The molecule has 0 aliphatic heterocycles. The van der Waals surface area contributed by atoms with Gasteiger partial charge in [-0.25, -0.2) is 13.1 Å². The van der Waals surface area contributed by atoms with Crippen LogP contribution in [0.25, 0.3) is 0 Å². The molecule has 0 radical (unpaired) electrons. The number of aryl methyl sites for hydroxylation is 1. The molecule has 0 spiro atoms. The van der Waals surface area contributed by atoms with Crippen LogP contribution in [0.15, 0.2) is 59.5 Å². The number of sulfonamides is 1. The second-order valence-corrected chi connectivity index (χ2v) is 8.24. The molecule has 128 valence electrons. The quantitative estimate of drug-likeness (QED) is 0.895. The number of hydrogen-bond donors (Lipinski definition) is 2. The lowest BCUT2D eigenvalue weighted by Gasteiger charge is -2.34. The lowest BCUT2D eigenvalue weighted by Crippen LogP contribution is -2.43. The molecule has 1 aliphatic carbocycles. The van der Waals surface area contributed by atoms with E-state index in [4.69, 9.17) is 0 Å². The van der Waals surface area contributed by atoms with Gasteiger partial charge in [0.05, 0.1) is 11.0 Å². The van der Waals surface area contributed by atoms with Gasteiger partial charge in [0.15, 0.2) is 0 Å². The summed E-state index contributed by atoms with van der Waals surface area (Å²) in [5, 5.41) is 10.0. The first-order valence-electron chi connectivity index (χ1n) is 8.28. The molecule has 1 saturated carbocycles. The highest BCUT2D eigenvalue weighted by molar-refractivity contribution is 7.89. The Morgan fingerprint density at radius 1 is 1.00 bits per heavy atom. The normalized spacial score (nSPS) is 24.7. The van der Waals surface area contributed by atoms with Crippen molar-refractivity contribution in [1.82, 2.24) is 4.72 Å². The minimum atomic E-state index is -3.57. The Morgan fingerprint density at radius 3 is 2.33 bits per heavy atom. The molecule has 0 bridgehead atoms. The highest BCUT2D eigenvalue weighted by atomic mass is 32.2. The molecule has 0 saturated heterocycles. The van der Waals surface area contributed by atoms with E-state index in [9.17, 15) is 13.5 Å². The number of aliphatic hydroxyl groups is 1. The highest BCUT2D eigenvalue weighted by Gasteiger charge is 2.33. The van der Waals surface area contributed by atoms with Crippen LogP contribution >= 0.6 is 0 Å². The second kappa shape index (κ2) is 7.05. The average Bonchev–Trinajstić information content (AvgIpc) is 2.57. The van der Waals surface area contributed by atoms with E-state index in [1.54, 1.807) is 24.3 Å². The molecule has 2 N–H and O–H groups in total. The molecule has 4 nitrogen and oxygen atoms in total. The van der Waals surface area contributed by atoms with Crippen molar-refractivity contribution in [2.24, 2.45) is 0 Å². The van der Waals surface area contributed by atoms with Crippen molar-refractivity contribution in [3.8, 4) is 0 Å². The maximum absolute atomic E-state index is 12.7. The zero-order valence-corrected chi connectivity index (χ0v) is 14.5. The van der Waals surface area contributed by atoms with Crippen LogP contribution in [0, 0.1) is 6.92 Å². The summed E-state index contributed by atoms with van der Waals surface area (Å²) in [7, 11) is -3.57. The van der Waals surface area contributed by atoms with E-state index in [1.165, 1.54) is 0 Å². The fourth-order valence-corrected chi connectivity index (χ4v) is 4.65. The van der Waals surface area contributed by atoms with Crippen molar-refractivity contribution >= 4 is 10.0 Å². The Balaban J connectivity index is 1.85. The zero-order valence-electron chi connectivity index (χ0n) is 13.7. The molecule has 2 aromatic carbocycles. The SMILES string of the molecule is Cc1ccc(S(=O)(=O)N[C@H]2CC[C@H](O)C[C@@H]2c2ccccc2)cc1. The van der Waals surface area contributed by atoms with E-state index in [0.29, 0.717) is 19.3 Å². The molecular formula is C19H23NO3S. The summed E-state index contributed by atoms with van der Waals surface area (Å²) in [6, 6.07) is 16.5. The van der Waals surface area contributed by atoms with Gasteiger partial charge in [-0.1, -0.05) is 48.0 Å². The van der Waals surface area contributed by atoms with E-state index in [2.05, 4.69) is 4.72 Å². The molecule has 0 aromatic heterocycles. The number of rotatable bonds is 4. The highest BCUT2D eigenvalue weighted by Crippen LogP contribution is 2.34. The number of aliphatic hydroxyl groups excluding tert-OH is 1. The fraction of sp³-hybridized carbons (Fsp3) is 0.368. The lowest BCUT2D eigenvalue weighted by molar-refractivity contribution is 0.108. The van der Waals surface area contributed by atoms with Crippen LogP contribution in [-0.4, -0.2) is 25.7 Å². The van der Waals surface area contributed by atoms with Gasteiger partial charge in [-0.3, -0.25) is 0 Å². The van der Waals surface area contributed by atoms with Crippen molar-refractivity contribution in [2.45, 2.75) is 49.1 Å². The Hall–Kier alpha value is -1.69. The Bertz CT molecular complexity index is 772. The second-order valence-electron chi connectivity index (χ2n) is 6.52. The van der Waals surface area contributed by atoms with E-state index in [1.807, 2.05) is 37.3 Å². The van der Waals surface area contributed by atoms with Crippen LogP contribution in [0.4, 0.5) is 0 Å². The van der Waals surface area contributed by atoms with Gasteiger partial charge in [0.25, 0.3) is 0 Å². The molecule has 0 amide bonds. The van der Waals surface area contributed by atoms with Crippen LogP contribution in [-0.2, 0) is 10.0 Å². The van der Waals surface area contributed by atoms with Gasteiger partial charge >= 0.3 is 0 Å². The Morgan fingerprint density at radius 2 is 1.67 bits per heavy atom. The van der Waals surface area contributed by atoms with Crippen molar-refractivity contribution in [3.05, 3.63) is 65.7 Å². The van der Waals surface area contributed by atoms with E-state index < -0.39 is 10.0 Å². The third-order valence-electron chi connectivity index (χ3n) is 4.69. The van der Waals surface area contributed by atoms with Crippen molar-refractivity contribution in [1.29, 1.82) is 0 Å². The zero-order chi connectivity index (χ0) is 17.2. The minimum absolute atomic E-state index is 0.0184.